The molecule has 6 nitrogen and oxygen atoms in total. The molecular weight excluding hydrogens is 164 g/mol. The summed E-state index contributed by atoms with van der Waals surface area (Å²) in [7, 11) is 0. The third-order valence-electron chi connectivity index (χ3n) is 1.17. The molecular formula is C6H4N2O4. The SMILES string of the molecule is O=Cc1ccc(O)c([N+](=O)[O-])n1. The van der Waals surface area contributed by atoms with E-state index >= 15 is 0 Å². The van der Waals surface area contributed by atoms with Crippen LogP contribution in [0, 0.1) is 10.1 Å². The van der Waals surface area contributed by atoms with Crippen molar-refractivity contribution in [3.8, 4) is 5.75 Å². The van der Waals surface area contributed by atoms with Crippen LogP contribution in [0.3, 0.4) is 0 Å². The van der Waals surface area contributed by atoms with Crippen LogP contribution in [-0.4, -0.2) is 21.3 Å². The zero-order valence-corrected chi connectivity index (χ0v) is 5.80. The fraction of sp³-hybridized carbons (Fsp3) is 0. The number of carbonyl (C=O) groups is 1. The van der Waals surface area contributed by atoms with Crippen molar-refractivity contribution in [2.75, 3.05) is 0 Å². The molecule has 0 atom stereocenters. The van der Waals surface area contributed by atoms with Gasteiger partial charge in [-0.2, -0.15) is 0 Å². The highest BCUT2D eigenvalue weighted by molar-refractivity contribution is 5.72. The summed E-state index contributed by atoms with van der Waals surface area (Å²) in [6, 6.07) is 2.24. The fourth-order valence-electron chi connectivity index (χ4n) is 0.656. The molecule has 0 radical (unpaired) electrons. The Morgan fingerprint density at radius 2 is 2.25 bits per heavy atom. The van der Waals surface area contributed by atoms with Crippen molar-refractivity contribution in [1.29, 1.82) is 0 Å². The second-order valence-electron chi connectivity index (χ2n) is 1.95. The molecule has 1 rings (SSSR count). The number of carbonyl (C=O) groups excluding carboxylic acids is 1. The molecule has 12 heavy (non-hydrogen) atoms. The fourth-order valence-corrected chi connectivity index (χ4v) is 0.656. The Morgan fingerprint density at radius 3 is 2.75 bits per heavy atom. The first-order valence-electron chi connectivity index (χ1n) is 2.94. The second kappa shape index (κ2) is 2.95. The Balaban J connectivity index is 3.25. The van der Waals surface area contributed by atoms with Gasteiger partial charge in [-0.15, -0.1) is 0 Å². The van der Waals surface area contributed by atoms with Crippen LogP contribution in [-0.2, 0) is 0 Å². The summed E-state index contributed by atoms with van der Waals surface area (Å²) in [5.74, 6) is -1.26. The van der Waals surface area contributed by atoms with Gasteiger partial charge in [-0.25, -0.2) is 0 Å². The topological polar surface area (TPSA) is 93.3 Å². The third-order valence-corrected chi connectivity index (χ3v) is 1.17. The Kier molecular flexibility index (Phi) is 2.00. The number of hydrogen-bond donors (Lipinski definition) is 1. The van der Waals surface area contributed by atoms with Gasteiger partial charge in [0.2, 0.25) is 11.4 Å². The van der Waals surface area contributed by atoms with Gasteiger partial charge in [-0.1, -0.05) is 0 Å². The quantitative estimate of drug-likeness (QED) is 0.394. The van der Waals surface area contributed by atoms with Gasteiger partial charge < -0.3 is 15.2 Å². The molecule has 0 unspecified atom stereocenters. The minimum Gasteiger partial charge on any atom is -0.501 e. The van der Waals surface area contributed by atoms with Gasteiger partial charge in [0.15, 0.2) is 6.29 Å². The maximum atomic E-state index is 10.2. The summed E-state index contributed by atoms with van der Waals surface area (Å²) in [5, 5.41) is 19.0. The molecule has 0 spiro atoms. The maximum absolute atomic E-state index is 10.2. The summed E-state index contributed by atoms with van der Waals surface area (Å²) in [4.78, 5) is 22.7. The zero-order valence-electron chi connectivity index (χ0n) is 5.80. The van der Waals surface area contributed by atoms with Crippen molar-refractivity contribution >= 4 is 12.1 Å². The summed E-state index contributed by atoms with van der Waals surface area (Å²) >= 11 is 0. The Bertz CT molecular complexity index is 336. The van der Waals surface area contributed by atoms with Gasteiger partial charge in [0, 0.05) is 0 Å². The molecule has 1 N–H and O–H groups in total. The van der Waals surface area contributed by atoms with E-state index in [0.29, 0.717) is 6.29 Å². The minimum atomic E-state index is -0.859. The van der Waals surface area contributed by atoms with Crippen LogP contribution in [0.5, 0.6) is 5.75 Å². The number of aldehydes is 1. The highest BCUT2D eigenvalue weighted by Crippen LogP contribution is 2.21. The lowest BCUT2D eigenvalue weighted by molar-refractivity contribution is -0.390. The number of rotatable bonds is 2. The lowest BCUT2D eigenvalue weighted by atomic mass is 10.3. The Labute approximate surface area is 66.6 Å². The molecule has 0 aliphatic rings. The van der Waals surface area contributed by atoms with Gasteiger partial charge in [0.25, 0.3) is 0 Å². The number of nitrogens with zero attached hydrogens (tertiary/aromatic N) is 2. The van der Waals surface area contributed by atoms with Crippen LogP contribution in [0.2, 0.25) is 0 Å². The Hall–Kier alpha value is -1.98. The van der Waals surface area contributed by atoms with Crippen molar-refractivity contribution in [2.45, 2.75) is 0 Å². The molecule has 0 amide bonds. The van der Waals surface area contributed by atoms with Crippen LogP contribution in [0.4, 0.5) is 5.82 Å². The van der Waals surface area contributed by atoms with E-state index in [2.05, 4.69) is 4.98 Å². The molecule has 6 heteroatoms. The average Bonchev–Trinajstić information content (AvgIpc) is 2.05. The first-order valence-corrected chi connectivity index (χ1v) is 2.94. The van der Waals surface area contributed by atoms with Crippen LogP contribution in [0.25, 0.3) is 0 Å². The van der Waals surface area contributed by atoms with E-state index < -0.39 is 16.5 Å². The summed E-state index contributed by atoms with van der Waals surface area (Å²) in [6.45, 7) is 0. The monoisotopic (exact) mass is 168 g/mol. The van der Waals surface area contributed by atoms with Crippen molar-refractivity contribution in [1.82, 2.24) is 4.98 Å². The van der Waals surface area contributed by atoms with Crippen LogP contribution < -0.4 is 0 Å². The molecule has 0 fully saturated rings. The van der Waals surface area contributed by atoms with E-state index in [4.69, 9.17) is 5.11 Å². The number of pyridine rings is 1. The van der Waals surface area contributed by atoms with Crippen molar-refractivity contribution in [2.24, 2.45) is 0 Å². The zero-order chi connectivity index (χ0) is 9.14. The lowest BCUT2D eigenvalue weighted by Gasteiger charge is -1.93. The van der Waals surface area contributed by atoms with Gasteiger partial charge in [0.05, 0.1) is 0 Å². The third kappa shape index (κ3) is 1.36. The molecule has 0 saturated heterocycles. The van der Waals surface area contributed by atoms with E-state index in [0.717, 1.165) is 6.07 Å². The molecule has 0 aliphatic heterocycles. The van der Waals surface area contributed by atoms with Gasteiger partial charge in [-0.05, 0) is 22.0 Å². The number of aromatic nitrogens is 1. The van der Waals surface area contributed by atoms with Crippen LogP contribution >= 0.6 is 0 Å². The predicted octanol–water partition coefficient (Wildman–Crippen LogP) is 0.508. The number of hydrogen-bond acceptors (Lipinski definition) is 5. The molecule has 1 heterocycles. The van der Waals surface area contributed by atoms with E-state index in [1.807, 2.05) is 0 Å². The van der Waals surface area contributed by atoms with Crippen LogP contribution in [0.1, 0.15) is 10.5 Å². The number of aromatic hydroxyl groups is 1. The second-order valence-corrected chi connectivity index (χ2v) is 1.95. The first kappa shape index (κ1) is 8.12. The molecule has 1 aromatic heterocycles. The molecule has 1 aromatic rings. The van der Waals surface area contributed by atoms with E-state index in [-0.39, 0.29) is 5.69 Å². The standard InChI is InChI=1S/C6H4N2O4/c9-3-4-1-2-5(10)6(7-4)8(11)12/h1-3,10H. The molecule has 0 bridgehead atoms. The van der Waals surface area contributed by atoms with Gasteiger partial charge in [-0.3, -0.25) is 4.79 Å². The molecule has 0 saturated carbocycles. The van der Waals surface area contributed by atoms with Crippen LogP contribution in [0.15, 0.2) is 12.1 Å². The number of nitro groups is 1. The molecule has 62 valence electrons. The predicted molar refractivity (Wildman–Crippen MR) is 37.9 cm³/mol. The van der Waals surface area contributed by atoms with Crippen molar-refractivity contribution in [3.05, 3.63) is 27.9 Å². The Morgan fingerprint density at radius 1 is 1.58 bits per heavy atom. The van der Waals surface area contributed by atoms with E-state index in [1.54, 1.807) is 0 Å². The average molecular weight is 168 g/mol. The van der Waals surface area contributed by atoms with E-state index in [9.17, 15) is 14.9 Å². The van der Waals surface area contributed by atoms with Gasteiger partial charge in [0.1, 0.15) is 0 Å². The maximum Gasteiger partial charge on any atom is 0.406 e. The lowest BCUT2D eigenvalue weighted by Crippen LogP contribution is -1.95. The summed E-state index contributed by atoms with van der Waals surface area (Å²) in [6.07, 6.45) is 0.367. The first-order chi connectivity index (χ1) is 5.65. The summed E-state index contributed by atoms with van der Waals surface area (Å²) in [5.41, 5.74) is -0.0838. The van der Waals surface area contributed by atoms with Gasteiger partial charge >= 0.3 is 5.82 Å². The highest BCUT2D eigenvalue weighted by atomic mass is 16.6. The normalized spacial score (nSPS) is 9.33. The smallest absolute Gasteiger partial charge is 0.406 e. The van der Waals surface area contributed by atoms with Crippen molar-refractivity contribution in [3.63, 3.8) is 0 Å². The summed E-state index contributed by atoms with van der Waals surface area (Å²) < 4.78 is 0. The highest BCUT2D eigenvalue weighted by Gasteiger charge is 2.15. The molecule has 0 aromatic carbocycles. The largest absolute Gasteiger partial charge is 0.501 e. The molecule has 0 aliphatic carbocycles. The van der Waals surface area contributed by atoms with Crippen molar-refractivity contribution < 1.29 is 14.8 Å². The van der Waals surface area contributed by atoms with E-state index in [1.165, 1.54) is 6.07 Å². The minimum absolute atomic E-state index is 0.0838.